The third-order valence-corrected chi connectivity index (χ3v) is 4.43. The van der Waals surface area contributed by atoms with Gasteiger partial charge in [-0.1, -0.05) is 12.1 Å². The Morgan fingerprint density at radius 2 is 2.05 bits per heavy atom. The lowest BCUT2D eigenvalue weighted by molar-refractivity contribution is -0.146. The van der Waals surface area contributed by atoms with E-state index in [-0.39, 0.29) is 5.91 Å². The number of aryl methyl sites for hydroxylation is 1. The summed E-state index contributed by atoms with van der Waals surface area (Å²) in [6.07, 6.45) is 2.92. The molecule has 1 aromatic carbocycles. The summed E-state index contributed by atoms with van der Waals surface area (Å²) in [5, 5.41) is 15.9. The maximum absolute atomic E-state index is 12.3. The fourth-order valence-corrected chi connectivity index (χ4v) is 2.26. The average Bonchev–Trinajstić information content (AvgIpc) is 2.90. The maximum Gasteiger partial charge on any atom is 0.331 e. The second-order valence-corrected chi connectivity index (χ2v) is 6.22. The normalized spacial score (nSPS) is 11.3. The summed E-state index contributed by atoms with van der Waals surface area (Å²) in [6.45, 7) is 4.96. The van der Waals surface area contributed by atoms with E-state index < -0.39 is 11.5 Å². The van der Waals surface area contributed by atoms with Crippen molar-refractivity contribution in [3.63, 3.8) is 0 Å². The van der Waals surface area contributed by atoms with E-state index in [4.69, 9.17) is 0 Å². The topological polar surface area (TPSA) is 84.2 Å². The third kappa shape index (κ3) is 3.04. The number of aliphatic carboxylic acids is 1. The number of carboxylic acid groups (broad SMARTS) is 1. The van der Waals surface area contributed by atoms with Crippen LogP contribution in [0.5, 0.6) is 0 Å². The number of hydrogen-bond donors (Lipinski definition) is 2. The van der Waals surface area contributed by atoms with Crippen LogP contribution in [-0.2, 0) is 10.3 Å². The highest BCUT2D eigenvalue weighted by Gasteiger charge is 2.30. The molecular weight excluding hydrogens is 350 g/mol. The number of halogens is 1. The molecular formula is C15H16BrN3O3. The summed E-state index contributed by atoms with van der Waals surface area (Å²) in [4.78, 5) is 23.5. The van der Waals surface area contributed by atoms with Gasteiger partial charge in [-0.15, -0.1) is 0 Å². The van der Waals surface area contributed by atoms with Gasteiger partial charge in [0.25, 0.3) is 5.91 Å². The van der Waals surface area contributed by atoms with Crippen LogP contribution in [0.2, 0.25) is 0 Å². The van der Waals surface area contributed by atoms with Crippen LogP contribution in [-0.4, -0.2) is 26.8 Å². The number of hydrogen-bond acceptors (Lipinski definition) is 3. The van der Waals surface area contributed by atoms with Crippen molar-refractivity contribution in [3.05, 3.63) is 46.2 Å². The second kappa shape index (κ2) is 5.92. The molecule has 116 valence electrons. The minimum absolute atomic E-state index is 0.289. The first-order chi connectivity index (χ1) is 10.2. The van der Waals surface area contributed by atoms with Crippen LogP contribution in [0, 0.1) is 6.92 Å². The molecule has 1 aromatic heterocycles. The Hall–Kier alpha value is -2.15. The quantitative estimate of drug-likeness (QED) is 0.871. The predicted octanol–water partition coefficient (Wildman–Crippen LogP) is 3.03. The van der Waals surface area contributed by atoms with Crippen molar-refractivity contribution in [2.45, 2.75) is 26.3 Å². The highest BCUT2D eigenvalue weighted by molar-refractivity contribution is 9.10. The van der Waals surface area contributed by atoms with Crippen molar-refractivity contribution in [2.75, 3.05) is 5.32 Å². The summed E-state index contributed by atoms with van der Waals surface area (Å²) in [6, 6.07) is 5.40. The molecule has 0 bridgehead atoms. The summed E-state index contributed by atoms with van der Waals surface area (Å²) < 4.78 is 2.03. The third-order valence-electron chi connectivity index (χ3n) is 3.37. The van der Waals surface area contributed by atoms with Crippen LogP contribution < -0.4 is 5.32 Å². The Kier molecular flexibility index (Phi) is 4.37. The van der Waals surface area contributed by atoms with Gasteiger partial charge in [0.2, 0.25) is 0 Å². The van der Waals surface area contributed by atoms with E-state index in [0.29, 0.717) is 11.3 Å². The standard InChI is InChI=1S/C15H16BrN3O3/c1-9-5-4-6-11(12(9)16)13(20)18-10-7-17-19(8-10)15(2,3)14(21)22/h4-8H,1-3H3,(H,18,20)(H,21,22). The van der Waals surface area contributed by atoms with E-state index in [1.165, 1.54) is 30.9 Å². The molecule has 0 atom stereocenters. The molecule has 0 radical (unpaired) electrons. The lowest BCUT2D eigenvalue weighted by Gasteiger charge is -2.19. The number of rotatable bonds is 4. The molecule has 6 nitrogen and oxygen atoms in total. The van der Waals surface area contributed by atoms with Crippen LogP contribution in [0.1, 0.15) is 29.8 Å². The maximum atomic E-state index is 12.3. The van der Waals surface area contributed by atoms with E-state index in [1.807, 2.05) is 13.0 Å². The van der Waals surface area contributed by atoms with Gasteiger partial charge in [0, 0.05) is 10.7 Å². The molecule has 0 saturated heterocycles. The van der Waals surface area contributed by atoms with Crippen molar-refractivity contribution < 1.29 is 14.7 Å². The molecule has 1 heterocycles. The molecule has 22 heavy (non-hydrogen) atoms. The van der Waals surface area contributed by atoms with Crippen LogP contribution in [0.15, 0.2) is 35.1 Å². The molecule has 1 amide bonds. The van der Waals surface area contributed by atoms with Crippen LogP contribution in [0.25, 0.3) is 0 Å². The fraction of sp³-hybridized carbons (Fsp3) is 0.267. The Bertz CT molecular complexity index is 737. The van der Waals surface area contributed by atoms with Crippen molar-refractivity contribution in [3.8, 4) is 0 Å². The Labute approximate surface area is 136 Å². The summed E-state index contributed by atoms with van der Waals surface area (Å²) in [5.74, 6) is -1.29. The number of benzene rings is 1. The van der Waals surface area contributed by atoms with Gasteiger partial charge in [-0.2, -0.15) is 5.10 Å². The molecule has 2 rings (SSSR count). The molecule has 0 aliphatic heterocycles. The molecule has 0 unspecified atom stereocenters. The largest absolute Gasteiger partial charge is 0.479 e. The van der Waals surface area contributed by atoms with E-state index in [1.54, 1.807) is 12.1 Å². The van der Waals surface area contributed by atoms with Crippen molar-refractivity contribution in [2.24, 2.45) is 0 Å². The number of carbonyl (C=O) groups excluding carboxylic acids is 1. The van der Waals surface area contributed by atoms with Crippen LogP contribution in [0.3, 0.4) is 0 Å². The first kappa shape index (κ1) is 16.2. The van der Waals surface area contributed by atoms with E-state index >= 15 is 0 Å². The van der Waals surface area contributed by atoms with Gasteiger partial charge in [0.1, 0.15) is 0 Å². The lowest BCUT2D eigenvalue weighted by Crippen LogP contribution is -2.35. The van der Waals surface area contributed by atoms with Crippen molar-refractivity contribution in [1.82, 2.24) is 9.78 Å². The second-order valence-electron chi connectivity index (χ2n) is 5.43. The van der Waals surface area contributed by atoms with Gasteiger partial charge < -0.3 is 10.4 Å². The smallest absolute Gasteiger partial charge is 0.331 e. The Morgan fingerprint density at radius 1 is 1.36 bits per heavy atom. The SMILES string of the molecule is Cc1cccc(C(=O)Nc2cnn(C(C)(C)C(=O)O)c2)c1Br. The molecule has 0 spiro atoms. The van der Waals surface area contributed by atoms with Gasteiger partial charge in [-0.05, 0) is 48.3 Å². The molecule has 0 aliphatic carbocycles. The summed E-state index contributed by atoms with van der Waals surface area (Å²) in [7, 11) is 0. The van der Waals surface area contributed by atoms with Gasteiger partial charge in [0.15, 0.2) is 5.54 Å². The number of anilines is 1. The number of aromatic nitrogens is 2. The zero-order valence-electron chi connectivity index (χ0n) is 12.4. The highest BCUT2D eigenvalue weighted by Crippen LogP contribution is 2.23. The summed E-state index contributed by atoms with van der Waals surface area (Å²) in [5.41, 5.74) is 0.709. The van der Waals surface area contributed by atoms with Gasteiger partial charge in [0.05, 0.1) is 17.4 Å². The molecule has 0 aliphatic rings. The molecule has 0 fully saturated rings. The first-order valence-electron chi connectivity index (χ1n) is 6.58. The average molecular weight is 366 g/mol. The molecule has 2 N–H and O–H groups in total. The minimum Gasteiger partial charge on any atom is -0.479 e. The molecule has 0 saturated carbocycles. The Balaban J connectivity index is 2.22. The monoisotopic (exact) mass is 365 g/mol. The molecule has 2 aromatic rings. The zero-order valence-corrected chi connectivity index (χ0v) is 14.0. The molecule has 7 heteroatoms. The zero-order chi connectivity index (χ0) is 16.5. The highest BCUT2D eigenvalue weighted by atomic mass is 79.9. The van der Waals surface area contributed by atoms with Gasteiger partial charge >= 0.3 is 5.97 Å². The van der Waals surface area contributed by atoms with Gasteiger partial charge in [-0.3, -0.25) is 9.48 Å². The number of nitrogens with one attached hydrogen (secondary N) is 1. The number of nitrogens with zero attached hydrogens (tertiary/aromatic N) is 2. The van der Waals surface area contributed by atoms with Crippen LogP contribution >= 0.6 is 15.9 Å². The first-order valence-corrected chi connectivity index (χ1v) is 7.38. The summed E-state index contributed by atoms with van der Waals surface area (Å²) >= 11 is 3.39. The van der Waals surface area contributed by atoms with Crippen molar-refractivity contribution in [1.29, 1.82) is 0 Å². The number of amides is 1. The fourth-order valence-electron chi connectivity index (χ4n) is 1.81. The van der Waals surface area contributed by atoms with Gasteiger partial charge in [-0.25, -0.2) is 4.79 Å². The van der Waals surface area contributed by atoms with Crippen molar-refractivity contribution >= 4 is 33.5 Å². The van der Waals surface area contributed by atoms with Crippen LogP contribution in [0.4, 0.5) is 5.69 Å². The number of carbonyl (C=O) groups is 2. The minimum atomic E-state index is -1.19. The lowest BCUT2D eigenvalue weighted by atomic mass is 10.1. The number of carboxylic acids is 1. The predicted molar refractivity (Wildman–Crippen MR) is 86.0 cm³/mol. The van der Waals surface area contributed by atoms with E-state index in [0.717, 1.165) is 10.0 Å². The Morgan fingerprint density at radius 3 is 2.68 bits per heavy atom. The van der Waals surface area contributed by atoms with E-state index in [9.17, 15) is 14.7 Å². The van der Waals surface area contributed by atoms with E-state index in [2.05, 4.69) is 26.3 Å².